The number of para-hydroxylation sites is 1. The number of amides is 2. The average Bonchev–Trinajstić information content (AvgIpc) is 3.30. The normalized spacial score (nSPS) is 15.0. The van der Waals surface area contributed by atoms with Gasteiger partial charge in [-0.05, 0) is 58.1 Å². The topological polar surface area (TPSA) is 84.4 Å². The molecule has 8 heteroatoms. The predicted molar refractivity (Wildman–Crippen MR) is 107 cm³/mol. The highest BCUT2D eigenvalue weighted by molar-refractivity contribution is 7.03. The number of benzene rings is 1. The minimum atomic E-state index is -0.802. The number of carbonyl (C=O) groups excluding carboxylic acids is 2. The van der Waals surface area contributed by atoms with Crippen LogP contribution in [0.2, 0.25) is 0 Å². The lowest BCUT2D eigenvalue weighted by molar-refractivity contribution is -0.127. The number of hydrogen-bond acceptors (Lipinski definition) is 6. The van der Waals surface area contributed by atoms with Crippen LogP contribution in [0.15, 0.2) is 29.6 Å². The van der Waals surface area contributed by atoms with Gasteiger partial charge in [0.15, 0.2) is 5.69 Å². The van der Waals surface area contributed by atoms with Crippen molar-refractivity contribution in [2.24, 2.45) is 0 Å². The van der Waals surface area contributed by atoms with Crippen molar-refractivity contribution in [2.45, 2.75) is 58.2 Å². The van der Waals surface area contributed by atoms with E-state index in [2.05, 4.69) is 14.9 Å². The minimum absolute atomic E-state index is 0.000369. The molecule has 1 N–H and O–H groups in total. The third-order valence-electron chi connectivity index (χ3n) is 4.29. The summed E-state index contributed by atoms with van der Waals surface area (Å²) in [6, 6.07) is 6.59. The van der Waals surface area contributed by atoms with E-state index in [-0.39, 0.29) is 23.6 Å². The third-order valence-corrected chi connectivity index (χ3v) is 4.80. The summed E-state index contributed by atoms with van der Waals surface area (Å²) in [5, 5.41) is 8.57. The molecule has 0 aliphatic heterocycles. The molecule has 0 radical (unpaired) electrons. The molecular formula is C20H26N4O3S. The molecule has 7 nitrogen and oxygen atoms in total. The molecular weight excluding hydrogens is 376 g/mol. The molecule has 1 unspecified atom stereocenters. The van der Waals surface area contributed by atoms with Gasteiger partial charge in [-0.1, -0.05) is 22.7 Å². The maximum absolute atomic E-state index is 13.4. The summed E-state index contributed by atoms with van der Waals surface area (Å²) >= 11 is 1.12. The van der Waals surface area contributed by atoms with Crippen LogP contribution >= 0.6 is 11.5 Å². The number of nitrogens with zero attached hydrogens (tertiary/aromatic N) is 3. The van der Waals surface area contributed by atoms with E-state index in [1.54, 1.807) is 10.3 Å². The zero-order valence-corrected chi connectivity index (χ0v) is 17.5. The smallest absolute Gasteiger partial charge is 0.276 e. The summed E-state index contributed by atoms with van der Waals surface area (Å²) in [5.74, 6) is 0.0913. The zero-order valence-electron chi connectivity index (χ0n) is 16.6. The second-order valence-electron chi connectivity index (χ2n) is 7.85. The first-order valence-electron chi connectivity index (χ1n) is 9.45. The van der Waals surface area contributed by atoms with Crippen molar-refractivity contribution in [3.63, 3.8) is 0 Å². The fraction of sp³-hybridized carbons (Fsp3) is 0.500. The van der Waals surface area contributed by atoms with E-state index in [4.69, 9.17) is 4.74 Å². The summed E-state index contributed by atoms with van der Waals surface area (Å²) in [6.45, 7) is 8.13. The van der Waals surface area contributed by atoms with Gasteiger partial charge < -0.3 is 15.0 Å². The minimum Gasteiger partial charge on any atom is -0.494 e. The lowest BCUT2D eigenvalue weighted by Crippen LogP contribution is -2.50. The molecule has 3 rings (SSSR count). The highest BCUT2D eigenvalue weighted by Crippen LogP contribution is 2.39. The van der Waals surface area contributed by atoms with Crippen LogP contribution in [0.3, 0.4) is 0 Å². The Morgan fingerprint density at radius 1 is 1.32 bits per heavy atom. The Kier molecular flexibility index (Phi) is 5.98. The second kappa shape index (κ2) is 8.26. The van der Waals surface area contributed by atoms with E-state index in [0.29, 0.717) is 17.9 Å². The first-order valence-corrected chi connectivity index (χ1v) is 10.3. The Morgan fingerprint density at radius 2 is 2.04 bits per heavy atom. The molecule has 1 aliphatic rings. The van der Waals surface area contributed by atoms with Crippen LogP contribution in [0, 0.1) is 0 Å². The number of hydrogen-bond donors (Lipinski definition) is 1. The third kappa shape index (κ3) is 4.67. The van der Waals surface area contributed by atoms with Crippen molar-refractivity contribution in [1.29, 1.82) is 0 Å². The van der Waals surface area contributed by atoms with Gasteiger partial charge in [0.05, 0.1) is 6.61 Å². The Hall–Kier alpha value is -2.48. The van der Waals surface area contributed by atoms with Crippen molar-refractivity contribution in [2.75, 3.05) is 6.61 Å². The van der Waals surface area contributed by atoms with Gasteiger partial charge in [-0.15, -0.1) is 5.10 Å². The largest absolute Gasteiger partial charge is 0.494 e. The Labute approximate surface area is 169 Å². The molecule has 0 saturated heterocycles. The Bertz CT molecular complexity index is 828. The van der Waals surface area contributed by atoms with Gasteiger partial charge in [0.2, 0.25) is 5.91 Å². The van der Waals surface area contributed by atoms with Crippen LogP contribution in [0.5, 0.6) is 5.75 Å². The van der Waals surface area contributed by atoms with Crippen molar-refractivity contribution in [3.05, 3.63) is 40.9 Å². The maximum Gasteiger partial charge on any atom is 0.276 e. The van der Waals surface area contributed by atoms with Crippen molar-refractivity contribution in [3.8, 4) is 5.75 Å². The first-order chi connectivity index (χ1) is 13.3. The zero-order chi connectivity index (χ0) is 20.3. The first kappa shape index (κ1) is 20.3. The van der Waals surface area contributed by atoms with Crippen LogP contribution < -0.4 is 10.1 Å². The number of aromatic nitrogens is 2. The molecule has 1 aliphatic carbocycles. The summed E-state index contributed by atoms with van der Waals surface area (Å²) in [6.07, 6.45) is 1.72. The van der Waals surface area contributed by atoms with Crippen LogP contribution in [0.4, 0.5) is 0 Å². The summed E-state index contributed by atoms with van der Waals surface area (Å²) in [5.41, 5.74) is 0.505. The maximum atomic E-state index is 13.4. The average molecular weight is 403 g/mol. The molecule has 1 aromatic heterocycles. The summed E-state index contributed by atoms with van der Waals surface area (Å²) < 4.78 is 9.58. The molecule has 0 bridgehead atoms. The Morgan fingerprint density at radius 3 is 2.61 bits per heavy atom. The van der Waals surface area contributed by atoms with Crippen LogP contribution in [0.25, 0.3) is 0 Å². The van der Waals surface area contributed by atoms with Gasteiger partial charge in [0, 0.05) is 22.5 Å². The van der Waals surface area contributed by atoms with E-state index in [1.165, 1.54) is 0 Å². The van der Waals surface area contributed by atoms with Gasteiger partial charge in [0.25, 0.3) is 5.91 Å². The number of rotatable bonds is 7. The van der Waals surface area contributed by atoms with E-state index >= 15 is 0 Å². The number of carbonyl (C=O) groups is 2. The van der Waals surface area contributed by atoms with Gasteiger partial charge >= 0.3 is 0 Å². The highest BCUT2D eigenvalue weighted by Gasteiger charge is 2.43. The van der Waals surface area contributed by atoms with Crippen LogP contribution in [-0.4, -0.2) is 44.5 Å². The second-order valence-corrected chi connectivity index (χ2v) is 8.46. The molecule has 1 fully saturated rings. The van der Waals surface area contributed by atoms with Crippen molar-refractivity contribution in [1.82, 2.24) is 19.8 Å². The summed E-state index contributed by atoms with van der Waals surface area (Å²) in [4.78, 5) is 28.3. The fourth-order valence-electron chi connectivity index (χ4n) is 3.09. The highest BCUT2D eigenvalue weighted by atomic mass is 32.1. The van der Waals surface area contributed by atoms with Crippen LogP contribution in [0.1, 0.15) is 62.6 Å². The van der Waals surface area contributed by atoms with Crippen molar-refractivity contribution >= 4 is 23.3 Å². The Balaban J connectivity index is 2.07. The SMILES string of the molecule is CCOc1ccccc1C(C(=O)NC(C)(C)C)N(C(=O)c1csnn1)C1CC1. The van der Waals surface area contributed by atoms with Gasteiger partial charge in [-0.2, -0.15) is 0 Å². The number of ether oxygens (including phenoxy) is 1. The molecule has 1 heterocycles. The number of nitrogens with one attached hydrogen (secondary N) is 1. The molecule has 0 spiro atoms. The van der Waals surface area contributed by atoms with Gasteiger partial charge in [-0.3, -0.25) is 9.59 Å². The molecule has 1 atom stereocenters. The monoisotopic (exact) mass is 402 g/mol. The van der Waals surface area contributed by atoms with Gasteiger partial charge in [0.1, 0.15) is 11.8 Å². The molecule has 150 valence electrons. The van der Waals surface area contributed by atoms with Crippen molar-refractivity contribution < 1.29 is 14.3 Å². The predicted octanol–water partition coefficient (Wildman–Crippen LogP) is 3.20. The summed E-state index contributed by atoms with van der Waals surface area (Å²) in [7, 11) is 0. The molecule has 1 saturated carbocycles. The van der Waals surface area contributed by atoms with E-state index in [0.717, 1.165) is 24.4 Å². The standard InChI is InChI=1S/C20H26N4O3S/c1-5-27-16-9-7-6-8-14(16)17(18(25)21-20(2,3)4)24(13-10-11-13)19(26)15-12-28-23-22-15/h6-9,12-13,17H,5,10-11H2,1-4H3,(H,21,25). The van der Waals surface area contributed by atoms with E-state index in [9.17, 15) is 9.59 Å². The van der Waals surface area contributed by atoms with Gasteiger partial charge in [-0.25, -0.2) is 0 Å². The molecule has 1 aromatic carbocycles. The molecule has 28 heavy (non-hydrogen) atoms. The fourth-order valence-corrected chi connectivity index (χ4v) is 3.52. The lowest BCUT2D eigenvalue weighted by Gasteiger charge is -2.34. The van der Waals surface area contributed by atoms with Crippen LogP contribution in [-0.2, 0) is 4.79 Å². The molecule has 2 aromatic rings. The van der Waals surface area contributed by atoms with E-state index < -0.39 is 11.6 Å². The van der Waals surface area contributed by atoms with E-state index in [1.807, 2.05) is 52.0 Å². The lowest BCUT2D eigenvalue weighted by atomic mass is 10.00. The quantitative estimate of drug-likeness (QED) is 0.769. The molecule has 2 amide bonds.